The lowest BCUT2D eigenvalue weighted by Crippen LogP contribution is -2.33. The van der Waals surface area contributed by atoms with Gasteiger partial charge in [0.15, 0.2) is 11.5 Å². The lowest BCUT2D eigenvalue weighted by atomic mass is 10.2. The number of hydrogen-bond donors (Lipinski definition) is 1. The van der Waals surface area contributed by atoms with Crippen molar-refractivity contribution in [3.63, 3.8) is 0 Å². The minimum atomic E-state index is -0.210. The molecule has 7 nitrogen and oxygen atoms in total. The molecule has 0 saturated heterocycles. The maximum atomic E-state index is 13.3. The number of thioether (sulfide) groups is 1. The molecule has 8 heteroatoms. The quantitative estimate of drug-likeness (QED) is 0.408. The molecule has 0 fully saturated rings. The van der Waals surface area contributed by atoms with Gasteiger partial charge in [-0.2, -0.15) is 0 Å². The predicted molar refractivity (Wildman–Crippen MR) is 131 cm³/mol. The van der Waals surface area contributed by atoms with Gasteiger partial charge in [-0.1, -0.05) is 42.5 Å². The average molecular weight is 474 g/mol. The first kappa shape index (κ1) is 22.0. The Kier molecular flexibility index (Phi) is 6.49. The Balaban J connectivity index is 1.35. The number of H-pyrrole nitrogens is 1. The molecule has 1 aromatic heterocycles. The van der Waals surface area contributed by atoms with Crippen LogP contribution in [-0.4, -0.2) is 39.7 Å². The first-order chi connectivity index (χ1) is 16.7. The zero-order chi connectivity index (χ0) is 23.3. The van der Waals surface area contributed by atoms with Gasteiger partial charge >= 0.3 is 0 Å². The normalized spacial score (nSPS) is 12.5. The number of aromatic nitrogens is 2. The summed E-state index contributed by atoms with van der Waals surface area (Å²) in [5.41, 5.74) is 1.40. The summed E-state index contributed by atoms with van der Waals surface area (Å²) in [5.74, 6) is 2.06. The van der Waals surface area contributed by atoms with Crippen molar-refractivity contribution in [2.75, 3.05) is 19.0 Å². The van der Waals surface area contributed by atoms with Crippen LogP contribution < -0.4 is 15.0 Å². The minimum absolute atomic E-state index is 0.0560. The second kappa shape index (κ2) is 10.0. The highest BCUT2D eigenvalue weighted by molar-refractivity contribution is 8.00. The van der Waals surface area contributed by atoms with Gasteiger partial charge in [0.05, 0.1) is 23.2 Å². The Hall–Kier alpha value is -3.78. The van der Waals surface area contributed by atoms with E-state index in [1.165, 1.54) is 11.8 Å². The number of ether oxygens (including phenoxy) is 2. The molecule has 0 unspecified atom stereocenters. The van der Waals surface area contributed by atoms with Crippen LogP contribution in [0.25, 0.3) is 10.9 Å². The van der Waals surface area contributed by atoms with E-state index in [0.717, 1.165) is 16.2 Å². The van der Waals surface area contributed by atoms with Crippen molar-refractivity contribution in [2.45, 2.75) is 18.0 Å². The van der Waals surface area contributed by atoms with Crippen LogP contribution in [0.5, 0.6) is 11.5 Å². The van der Waals surface area contributed by atoms with E-state index in [1.807, 2.05) is 54.6 Å². The molecule has 0 spiro atoms. The first-order valence-corrected chi connectivity index (χ1v) is 12.0. The molecule has 1 aliphatic heterocycles. The van der Waals surface area contributed by atoms with Gasteiger partial charge in [0.2, 0.25) is 5.91 Å². The molecule has 1 N–H and O–H groups in total. The average Bonchev–Trinajstić information content (AvgIpc) is 2.87. The lowest BCUT2D eigenvalue weighted by Gasteiger charge is -2.23. The molecule has 5 rings (SSSR count). The predicted octanol–water partition coefficient (Wildman–Crippen LogP) is 4.02. The maximum absolute atomic E-state index is 13.3. The highest BCUT2D eigenvalue weighted by Gasteiger charge is 2.18. The summed E-state index contributed by atoms with van der Waals surface area (Å²) in [5, 5.41) is 0.529. The van der Waals surface area contributed by atoms with Crippen LogP contribution in [-0.2, 0) is 17.9 Å². The highest BCUT2D eigenvalue weighted by Crippen LogP contribution is 2.34. The largest absolute Gasteiger partial charge is 0.486 e. The Morgan fingerprint density at radius 2 is 1.71 bits per heavy atom. The summed E-state index contributed by atoms with van der Waals surface area (Å²) in [4.78, 5) is 35.9. The van der Waals surface area contributed by atoms with Gasteiger partial charge in [0.1, 0.15) is 19.0 Å². The number of carbonyl (C=O) groups is 1. The Morgan fingerprint density at radius 3 is 2.56 bits per heavy atom. The van der Waals surface area contributed by atoms with E-state index >= 15 is 0 Å². The summed E-state index contributed by atoms with van der Waals surface area (Å²) in [6.45, 7) is 1.67. The number of benzene rings is 3. The molecule has 0 saturated carbocycles. The van der Waals surface area contributed by atoms with Crippen LogP contribution in [0.4, 0.5) is 0 Å². The van der Waals surface area contributed by atoms with Crippen molar-refractivity contribution in [2.24, 2.45) is 0 Å². The Bertz CT molecular complexity index is 1370. The molecule has 4 aromatic rings. The number of para-hydroxylation sites is 1. The maximum Gasteiger partial charge on any atom is 0.258 e. The van der Waals surface area contributed by atoms with Crippen molar-refractivity contribution >= 4 is 28.6 Å². The number of hydrogen-bond acceptors (Lipinski definition) is 6. The summed E-state index contributed by atoms with van der Waals surface area (Å²) < 4.78 is 11.2. The van der Waals surface area contributed by atoms with Crippen molar-refractivity contribution in [3.8, 4) is 11.5 Å². The van der Waals surface area contributed by atoms with Crippen molar-refractivity contribution in [1.82, 2.24) is 14.9 Å². The number of aromatic amines is 1. The minimum Gasteiger partial charge on any atom is -0.486 e. The van der Waals surface area contributed by atoms with E-state index in [2.05, 4.69) is 9.97 Å². The number of fused-ring (bicyclic) bond motifs is 2. The molecule has 0 bridgehead atoms. The van der Waals surface area contributed by atoms with Crippen molar-refractivity contribution in [3.05, 3.63) is 94.5 Å². The summed E-state index contributed by atoms with van der Waals surface area (Å²) >= 11 is 1.44. The van der Waals surface area contributed by atoms with E-state index < -0.39 is 0 Å². The fourth-order valence-electron chi connectivity index (χ4n) is 3.78. The fraction of sp³-hybridized carbons (Fsp3) is 0.192. The van der Waals surface area contributed by atoms with Gasteiger partial charge in [-0.05, 0) is 35.9 Å². The van der Waals surface area contributed by atoms with Gasteiger partial charge in [-0.25, -0.2) is 4.98 Å². The first-order valence-electron chi connectivity index (χ1n) is 11.0. The Morgan fingerprint density at radius 1 is 0.941 bits per heavy atom. The van der Waals surface area contributed by atoms with E-state index in [0.29, 0.717) is 42.2 Å². The molecule has 0 atom stereocenters. The fourth-order valence-corrected chi connectivity index (χ4v) is 4.60. The molecule has 2 heterocycles. The van der Waals surface area contributed by atoms with E-state index in [9.17, 15) is 9.59 Å². The molecule has 1 amide bonds. The second-order valence-electron chi connectivity index (χ2n) is 7.86. The van der Waals surface area contributed by atoms with Crippen molar-refractivity contribution < 1.29 is 14.3 Å². The Labute approximate surface area is 200 Å². The lowest BCUT2D eigenvalue weighted by molar-refractivity contribution is -0.129. The second-order valence-corrected chi connectivity index (χ2v) is 8.91. The molecule has 1 aliphatic rings. The van der Waals surface area contributed by atoms with Gasteiger partial charge in [0.25, 0.3) is 5.56 Å². The number of rotatable bonds is 7. The van der Waals surface area contributed by atoms with Crippen molar-refractivity contribution in [1.29, 1.82) is 0 Å². The van der Waals surface area contributed by atoms with Crippen LogP contribution in [0.1, 0.15) is 11.4 Å². The third kappa shape index (κ3) is 5.07. The topological polar surface area (TPSA) is 84.5 Å². The van der Waals surface area contributed by atoms with Crippen LogP contribution in [0.3, 0.4) is 0 Å². The van der Waals surface area contributed by atoms with Gasteiger partial charge in [-0.15, -0.1) is 11.8 Å². The third-order valence-corrected chi connectivity index (χ3v) is 6.43. The standard InChI is InChI=1S/C26H23N3O4S/c30-25(17-34-19-10-11-22-23(14-19)33-13-12-32-22)29(15-18-6-2-1-3-7-18)16-24-27-21-9-5-4-8-20(21)26(31)28-24/h1-11,14H,12-13,15-17H2,(H,27,28,31). The SMILES string of the molecule is O=C(CSc1ccc2c(c1)OCCO2)N(Cc1ccccc1)Cc1nc2ccccc2c(=O)[nH]1. The van der Waals surface area contributed by atoms with E-state index in [-0.39, 0.29) is 23.8 Å². The zero-order valence-corrected chi connectivity index (χ0v) is 19.2. The molecule has 172 valence electrons. The smallest absolute Gasteiger partial charge is 0.258 e. The monoisotopic (exact) mass is 473 g/mol. The van der Waals surface area contributed by atoms with E-state index in [4.69, 9.17) is 9.47 Å². The molecule has 3 aromatic carbocycles. The number of nitrogens with one attached hydrogen (secondary N) is 1. The third-order valence-electron chi connectivity index (χ3n) is 5.45. The molecular weight excluding hydrogens is 450 g/mol. The molecule has 34 heavy (non-hydrogen) atoms. The van der Waals surface area contributed by atoms with Gasteiger partial charge in [-0.3, -0.25) is 9.59 Å². The molecule has 0 radical (unpaired) electrons. The van der Waals surface area contributed by atoms with Gasteiger partial charge in [0, 0.05) is 11.4 Å². The highest BCUT2D eigenvalue weighted by atomic mass is 32.2. The van der Waals surface area contributed by atoms with Crippen LogP contribution in [0, 0.1) is 0 Å². The molecule has 0 aliphatic carbocycles. The zero-order valence-electron chi connectivity index (χ0n) is 18.4. The number of carbonyl (C=O) groups excluding carboxylic acids is 1. The number of nitrogens with zero attached hydrogens (tertiary/aromatic N) is 2. The van der Waals surface area contributed by atoms with E-state index in [1.54, 1.807) is 23.1 Å². The summed E-state index contributed by atoms with van der Waals surface area (Å²) in [6.07, 6.45) is 0. The van der Waals surface area contributed by atoms with Crippen LogP contribution >= 0.6 is 11.8 Å². The summed E-state index contributed by atoms with van der Waals surface area (Å²) in [7, 11) is 0. The molecular formula is C26H23N3O4S. The van der Waals surface area contributed by atoms with Crippen LogP contribution in [0.2, 0.25) is 0 Å². The van der Waals surface area contributed by atoms with Gasteiger partial charge < -0.3 is 19.4 Å². The van der Waals surface area contributed by atoms with Crippen LogP contribution in [0.15, 0.2) is 82.5 Å². The number of amides is 1. The summed E-state index contributed by atoms with van der Waals surface area (Å²) in [6, 6.07) is 22.7.